The highest BCUT2D eigenvalue weighted by atomic mass is 19.3. The molecular formula is C15H18F2N2. The van der Waals surface area contributed by atoms with E-state index in [2.05, 4.69) is 11.6 Å². The molecule has 0 aliphatic heterocycles. The second kappa shape index (κ2) is 6.83. The van der Waals surface area contributed by atoms with Crippen molar-refractivity contribution in [1.29, 1.82) is 0 Å². The monoisotopic (exact) mass is 264 g/mol. The standard InChI is InChI=1S/C15H18F2N2/c1-4-13(19-12-8-6-5-7-9-12)14(11(3)18)10(2)15(16)17/h4-10,15H,1,18H2,2-3H3/b14-11-,19-13?. The number of para-hydroxylation sites is 1. The number of aliphatic imine (C=N–C) groups is 1. The fourth-order valence-electron chi connectivity index (χ4n) is 1.78. The molecule has 1 atom stereocenters. The molecule has 0 fully saturated rings. The summed E-state index contributed by atoms with van der Waals surface area (Å²) in [7, 11) is 0. The third-order valence-electron chi connectivity index (χ3n) is 2.73. The molecule has 2 nitrogen and oxygen atoms in total. The summed E-state index contributed by atoms with van der Waals surface area (Å²) < 4.78 is 25.8. The Hall–Kier alpha value is -1.97. The van der Waals surface area contributed by atoms with Crippen LogP contribution in [0.25, 0.3) is 0 Å². The minimum absolute atomic E-state index is 0.336. The maximum Gasteiger partial charge on any atom is 0.245 e. The summed E-state index contributed by atoms with van der Waals surface area (Å²) in [5.74, 6) is -0.981. The molecule has 0 bridgehead atoms. The first-order valence-corrected chi connectivity index (χ1v) is 5.98. The van der Waals surface area contributed by atoms with Crippen molar-refractivity contribution in [1.82, 2.24) is 0 Å². The molecule has 0 saturated heterocycles. The van der Waals surface area contributed by atoms with Gasteiger partial charge in [-0.25, -0.2) is 13.8 Å². The molecule has 0 radical (unpaired) electrons. The lowest BCUT2D eigenvalue weighted by atomic mass is 9.95. The van der Waals surface area contributed by atoms with E-state index in [4.69, 9.17) is 5.73 Å². The Morgan fingerprint density at radius 1 is 1.32 bits per heavy atom. The smallest absolute Gasteiger partial charge is 0.245 e. The van der Waals surface area contributed by atoms with Gasteiger partial charge in [-0.1, -0.05) is 31.7 Å². The number of benzene rings is 1. The van der Waals surface area contributed by atoms with Crippen LogP contribution in [0.1, 0.15) is 13.8 Å². The van der Waals surface area contributed by atoms with Crippen LogP contribution in [0, 0.1) is 5.92 Å². The molecule has 102 valence electrons. The maximum absolute atomic E-state index is 12.9. The maximum atomic E-state index is 12.9. The van der Waals surface area contributed by atoms with Crippen molar-refractivity contribution in [3.8, 4) is 0 Å². The van der Waals surface area contributed by atoms with Crippen molar-refractivity contribution >= 4 is 11.4 Å². The van der Waals surface area contributed by atoms with E-state index in [0.29, 0.717) is 22.7 Å². The van der Waals surface area contributed by atoms with Gasteiger partial charge in [0.15, 0.2) is 0 Å². The largest absolute Gasteiger partial charge is 0.402 e. The van der Waals surface area contributed by atoms with Gasteiger partial charge >= 0.3 is 0 Å². The van der Waals surface area contributed by atoms with Crippen LogP contribution in [0.3, 0.4) is 0 Å². The topological polar surface area (TPSA) is 38.4 Å². The van der Waals surface area contributed by atoms with Gasteiger partial charge in [-0.05, 0) is 25.1 Å². The highest BCUT2D eigenvalue weighted by Crippen LogP contribution is 2.24. The molecule has 0 amide bonds. The molecule has 1 rings (SSSR count). The summed E-state index contributed by atoms with van der Waals surface area (Å²) in [4.78, 5) is 4.33. The SMILES string of the molecule is C=CC(=Nc1ccccc1)/C(=C(/C)N)C(C)C(F)F. The summed E-state index contributed by atoms with van der Waals surface area (Å²) in [5.41, 5.74) is 7.47. The second-order valence-electron chi connectivity index (χ2n) is 4.26. The Morgan fingerprint density at radius 3 is 2.32 bits per heavy atom. The highest BCUT2D eigenvalue weighted by molar-refractivity contribution is 6.10. The number of alkyl halides is 2. The van der Waals surface area contributed by atoms with Gasteiger partial charge in [-0.2, -0.15) is 0 Å². The van der Waals surface area contributed by atoms with Crippen LogP contribution in [0.15, 0.2) is 59.2 Å². The molecule has 19 heavy (non-hydrogen) atoms. The lowest BCUT2D eigenvalue weighted by Gasteiger charge is -2.17. The van der Waals surface area contributed by atoms with E-state index in [1.807, 2.05) is 18.2 Å². The van der Waals surface area contributed by atoms with Crippen molar-refractivity contribution < 1.29 is 8.78 Å². The van der Waals surface area contributed by atoms with Crippen molar-refractivity contribution in [3.63, 3.8) is 0 Å². The van der Waals surface area contributed by atoms with Crippen molar-refractivity contribution in [2.24, 2.45) is 16.6 Å². The van der Waals surface area contributed by atoms with Crippen LogP contribution >= 0.6 is 0 Å². The average molecular weight is 264 g/mol. The van der Waals surface area contributed by atoms with Gasteiger partial charge in [0.1, 0.15) is 0 Å². The Kier molecular flexibility index (Phi) is 5.42. The fraction of sp³-hybridized carbons (Fsp3) is 0.267. The predicted octanol–water partition coefficient (Wildman–Crippen LogP) is 4.08. The van der Waals surface area contributed by atoms with Gasteiger partial charge in [0.05, 0.1) is 11.4 Å². The van der Waals surface area contributed by atoms with E-state index in [0.717, 1.165) is 0 Å². The lowest BCUT2D eigenvalue weighted by molar-refractivity contribution is 0.105. The highest BCUT2D eigenvalue weighted by Gasteiger charge is 2.23. The molecule has 4 heteroatoms. The fourth-order valence-corrected chi connectivity index (χ4v) is 1.78. The number of hydrogen-bond donors (Lipinski definition) is 1. The third-order valence-corrected chi connectivity index (χ3v) is 2.73. The molecule has 2 N–H and O–H groups in total. The Bertz CT molecular complexity index is 486. The van der Waals surface area contributed by atoms with Gasteiger partial charge < -0.3 is 5.73 Å². The van der Waals surface area contributed by atoms with Crippen LogP contribution in [0.5, 0.6) is 0 Å². The average Bonchev–Trinajstić information content (AvgIpc) is 2.38. The van der Waals surface area contributed by atoms with E-state index in [1.165, 1.54) is 13.0 Å². The normalized spacial score (nSPS) is 15.1. The number of allylic oxidation sites excluding steroid dienone is 3. The van der Waals surface area contributed by atoms with Crippen molar-refractivity contribution in [2.45, 2.75) is 20.3 Å². The number of nitrogens with two attached hydrogens (primary N) is 1. The summed E-state index contributed by atoms with van der Waals surface area (Å²) in [6, 6.07) is 9.10. The minimum Gasteiger partial charge on any atom is -0.402 e. The molecule has 0 heterocycles. The number of nitrogens with zero attached hydrogens (tertiary/aromatic N) is 1. The number of hydrogen-bond acceptors (Lipinski definition) is 2. The Morgan fingerprint density at radius 2 is 1.89 bits per heavy atom. The third kappa shape index (κ3) is 4.02. The van der Waals surface area contributed by atoms with Crippen LogP contribution < -0.4 is 5.73 Å². The molecule has 1 aromatic rings. The summed E-state index contributed by atoms with van der Waals surface area (Å²) in [6.45, 7) is 6.66. The van der Waals surface area contributed by atoms with Gasteiger partial charge in [-0.15, -0.1) is 0 Å². The minimum atomic E-state index is -2.49. The van der Waals surface area contributed by atoms with E-state index in [1.54, 1.807) is 19.1 Å². The van der Waals surface area contributed by atoms with E-state index < -0.39 is 12.3 Å². The molecule has 0 aromatic heterocycles. The zero-order valence-corrected chi connectivity index (χ0v) is 11.1. The van der Waals surface area contributed by atoms with Gasteiger partial charge in [-0.3, -0.25) is 0 Å². The zero-order chi connectivity index (χ0) is 14.4. The van der Waals surface area contributed by atoms with E-state index in [9.17, 15) is 8.78 Å². The van der Waals surface area contributed by atoms with Crippen LogP contribution in [0.2, 0.25) is 0 Å². The summed E-state index contributed by atoms with van der Waals surface area (Å²) in [5, 5.41) is 0. The number of rotatable bonds is 5. The van der Waals surface area contributed by atoms with Gasteiger partial charge in [0, 0.05) is 17.2 Å². The predicted molar refractivity (Wildman–Crippen MR) is 75.8 cm³/mol. The van der Waals surface area contributed by atoms with Gasteiger partial charge in [0.25, 0.3) is 0 Å². The van der Waals surface area contributed by atoms with Crippen LogP contribution in [-0.2, 0) is 0 Å². The molecular weight excluding hydrogens is 246 g/mol. The Balaban J connectivity index is 3.24. The first-order valence-electron chi connectivity index (χ1n) is 5.98. The lowest BCUT2D eigenvalue weighted by Crippen LogP contribution is -2.20. The van der Waals surface area contributed by atoms with E-state index in [-0.39, 0.29) is 0 Å². The summed E-state index contributed by atoms with van der Waals surface area (Å²) >= 11 is 0. The summed E-state index contributed by atoms with van der Waals surface area (Å²) in [6.07, 6.45) is -1.04. The van der Waals surface area contributed by atoms with Gasteiger partial charge in [0.2, 0.25) is 6.43 Å². The zero-order valence-electron chi connectivity index (χ0n) is 11.1. The second-order valence-corrected chi connectivity index (χ2v) is 4.26. The number of halogens is 2. The van der Waals surface area contributed by atoms with Crippen molar-refractivity contribution in [2.75, 3.05) is 0 Å². The van der Waals surface area contributed by atoms with E-state index >= 15 is 0 Å². The first kappa shape index (κ1) is 15.1. The molecule has 1 unspecified atom stereocenters. The molecule has 0 aliphatic carbocycles. The molecule has 0 spiro atoms. The first-order chi connectivity index (χ1) is 8.97. The molecule has 0 aliphatic rings. The van der Waals surface area contributed by atoms with Crippen LogP contribution in [0.4, 0.5) is 14.5 Å². The Labute approximate surface area is 112 Å². The van der Waals surface area contributed by atoms with Crippen LogP contribution in [-0.4, -0.2) is 12.1 Å². The molecule has 0 saturated carbocycles. The molecule has 1 aromatic carbocycles. The quantitative estimate of drug-likeness (QED) is 0.799. The van der Waals surface area contributed by atoms with Crippen molar-refractivity contribution in [3.05, 3.63) is 54.3 Å².